The fourth-order valence-electron chi connectivity index (χ4n) is 1.87. The molecule has 0 radical (unpaired) electrons. The average molecular weight is 304 g/mol. The molecule has 108 valence electrons. The third kappa shape index (κ3) is 2.40. The lowest BCUT2D eigenvalue weighted by atomic mass is 10.2. The van der Waals surface area contributed by atoms with Gasteiger partial charge in [-0.1, -0.05) is 16.5 Å². The van der Waals surface area contributed by atoms with Crippen molar-refractivity contribution in [1.82, 2.24) is 15.1 Å². The lowest BCUT2D eigenvalue weighted by Crippen LogP contribution is -1.86. The molecule has 0 spiro atoms. The number of anilines is 1. The molecule has 0 fully saturated rings. The van der Waals surface area contributed by atoms with Gasteiger partial charge in [0.1, 0.15) is 4.88 Å². The Morgan fingerprint density at radius 1 is 1.33 bits per heavy atom. The summed E-state index contributed by atoms with van der Waals surface area (Å²) in [4.78, 5) is 9.20. The number of nitrogens with zero attached hydrogens (tertiary/aromatic N) is 3. The molecule has 3 rings (SSSR count). The van der Waals surface area contributed by atoms with Crippen LogP contribution >= 0.6 is 11.3 Å². The van der Waals surface area contributed by atoms with E-state index < -0.39 is 0 Å². The van der Waals surface area contributed by atoms with Gasteiger partial charge in [0.15, 0.2) is 16.6 Å². The molecular formula is C13H12N4O3S. The van der Waals surface area contributed by atoms with E-state index in [0.717, 1.165) is 10.6 Å². The van der Waals surface area contributed by atoms with Gasteiger partial charge in [0.25, 0.3) is 5.89 Å². The summed E-state index contributed by atoms with van der Waals surface area (Å²) in [6.07, 6.45) is 0. The first-order valence-corrected chi connectivity index (χ1v) is 6.84. The normalized spacial score (nSPS) is 10.8. The Kier molecular flexibility index (Phi) is 3.22. The molecule has 0 saturated heterocycles. The highest BCUT2D eigenvalue weighted by Crippen LogP contribution is 2.33. The van der Waals surface area contributed by atoms with E-state index in [-0.39, 0.29) is 5.75 Å². The van der Waals surface area contributed by atoms with Crippen molar-refractivity contribution in [2.45, 2.75) is 6.92 Å². The summed E-state index contributed by atoms with van der Waals surface area (Å²) >= 11 is 1.29. The van der Waals surface area contributed by atoms with E-state index in [9.17, 15) is 5.11 Å². The van der Waals surface area contributed by atoms with E-state index in [2.05, 4.69) is 15.1 Å². The van der Waals surface area contributed by atoms with Crippen molar-refractivity contribution in [1.29, 1.82) is 0 Å². The molecule has 2 aromatic heterocycles. The van der Waals surface area contributed by atoms with E-state index in [4.69, 9.17) is 15.0 Å². The van der Waals surface area contributed by atoms with Gasteiger partial charge in [0.05, 0.1) is 12.8 Å². The van der Waals surface area contributed by atoms with Crippen LogP contribution in [0.1, 0.15) is 5.69 Å². The number of thiazole rings is 1. The number of rotatable bonds is 3. The number of hydrogen-bond donors (Lipinski definition) is 2. The zero-order chi connectivity index (χ0) is 15.0. The van der Waals surface area contributed by atoms with Crippen molar-refractivity contribution >= 4 is 16.5 Å². The second-order valence-electron chi connectivity index (χ2n) is 4.28. The topological polar surface area (TPSA) is 107 Å². The van der Waals surface area contributed by atoms with Crippen molar-refractivity contribution in [3.8, 4) is 33.7 Å². The molecule has 8 heteroatoms. The lowest BCUT2D eigenvalue weighted by Gasteiger charge is -2.03. The van der Waals surface area contributed by atoms with Gasteiger partial charge in [-0.05, 0) is 25.1 Å². The van der Waals surface area contributed by atoms with Crippen LogP contribution in [-0.2, 0) is 0 Å². The molecule has 0 saturated carbocycles. The molecule has 0 aliphatic carbocycles. The van der Waals surface area contributed by atoms with Crippen molar-refractivity contribution in [2.75, 3.05) is 12.8 Å². The first-order chi connectivity index (χ1) is 10.1. The Morgan fingerprint density at radius 2 is 2.14 bits per heavy atom. The molecule has 21 heavy (non-hydrogen) atoms. The minimum absolute atomic E-state index is 0.0519. The summed E-state index contributed by atoms with van der Waals surface area (Å²) in [7, 11) is 1.48. The van der Waals surface area contributed by atoms with Gasteiger partial charge in [-0.2, -0.15) is 4.98 Å². The van der Waals surface area contributed by atoms with Crippen LogP contribution in [0.2, 0.25) is 0 Å². The largest absolute Gasteiger partial charge is 0.504 e. The molecule has 3 N–H and O–H groups in total. The third-order valence-electron chi connectivity index (χ3n) is 2.87. The Labute approximate surface area is 124 Å². The first kappa shape index (κ1) is 13.4. The maximum absolute atomic E-state index is 9.59. The van der Waals surface area contributed by atoms with Gasteiger partial charge in [0.2, 0.25) is 5.82 Å². The number of nitrogens with two attached hydrogens (primary N) is 1. The summed E-state index contributed by atoms with van der Waals surface area (Å²) in [6, 6.07) is 4.83. The van der Waals surface area contributed by atoms with Crippen molar-refractivity contribution in [2.24, 2.45) is 0 Å². The third-order valence-corrected chi connectivity index (χ3v) is 3.85. The van der Waals surface area contributed by atoms with Crippen molar-refractivity contribution in [3.63, 3.8) is 0 Å². The van der Waals surface area contributed by atoms with Gasteiger partial charge in [-0.25, -0.2) is 4.98 Å². The van der Waals surface area contributed by atoms with Crippen LogP contribution in [0, 0.1) is 6.92 Å². The van der Waals surface area contributed by atoms with Crippen LogP contribution in [-0.4, -0.2) is 27.3 Å². The fourth-order valence-corrected chi connectivity index (χ4v) is 2.62. The first-order valence-electron chi connectivity index (χ1n) is 6.03. The van der Waals surface area contributed by atoms with Crippen LogP contribution in [0.15, 0.2) is 22.7 Å². The monoisotopic (exact) mass is 304 g/mol. The number of phenols is 1. The molecular weight excluding hydrogens is 292 g/mol. The number of aryl methyl sites for hydroxylation is 1. The minimum Gasteiger partial charge on any atom is -0.504 e. The maximum Gasteiger partial charge on any atom is 0.270 e. The Hall–Kier alpha value is -2.61. The van der Waals surface area contributed by atoms with Crippen LogP contribution in [0.25, 0.3) is 22.2 Å². The van der Waals surface area contributed by atoms with Crippen LogP contribution in [0.5, 0.6) is 11.5 Å². The standard InChI is InChI=1S/C13H12N4O3S/c1-6-10(21-13(14)15-6)12-16-11(17-20-12)7-3-4-8(18)9(5-7)19-2/h3-5,18H,1-2H3,(H2,14,15). The molecule has 0 unspecified atom stereocenters. The second-order valence-corrected chi connectivity index (χ2v) is 5.31. The van der Waals surface area contributed by atoms with Crippen molar-refractivity contribution < 1.29 is 14.4 Å². The number of ether oxygens (including phenoxy) is 1. The van der Waals surface area contributed by atoms with Crippen molar-refractivity contribution in [3.05, 3.63) is 23.9 Å². The molecule has 7 nitrogen and oxygen atoms in total. The SMILES string of the molecule is COc1cc(-c2noc(-c3sc(N)nc3C)n2)ccc1O. The van der Waals surface area contributed by atoms with E-state index in [1.165, 1.54) is 24.5 Å². The summed E-state index contributed by atoms with van der Waals surface area (Å²) in [5.41, 5.74) is 7.08. The van der Waals surface area contributed by atoms with Crippen LogP contribution in [0.3, 0.4) is 0 Å². The maximum atomic E-state index is 9.59. The summed E-state index contributed by atoms with van der Waals surface area (Å²) in [5.74, 6) is 1.16. The summed E-state index contributed by atoms with van der Waals surface area (Å²) in [5, 5.41) is 14.0. The lowest BCUT2D eigenvalue weighted by molar-refractivity contribution is 0.373. The highest BCUT2D eigenvalue weighted by Gasteiger charge is 2.17. The van der Waals surface area contributed by atoms with Gasteiger partial charge >= 0.3 is 0 Å². The number of aromatic nitrogens is 3. The smallest absolute Gasteiger partial charge is 0.270 e. The highest BCUT2D eigenvalue weighted by molar-refractivity contribution is 7.18. The van der Waals surface area contributed by atoms with E-state index >= 15 is 0 Å². The molecule has 0 aliphatic rings. The number of hydrogen-bond acceptors (Lipinski definition) is 8. The molecule has 1 aromatic carbocycles. The Bertz CT molecular complexity index is 797. The minimum atomic E-state index is 0.0519. The zero-order valence-electron chi connectivity index (χ0n) is 11.3. The summed E-state index contributed by atoms with van der Waals surface area (Å²) < 4.78 is 10.3. The average Bonchev–Trinajstić information content (AvgIpc) is 3.06. The number of phenolic OH excluding ortho intramolecular Hbond substituents is 1. The molecule has 2 heterocycles. The fraction of sp³-hybridized carbons (Fsp3) is 0.154. The van der Waals surface area contributed by atoms with E-state index in [1.54, 1.807) is 12.1 Å². The number of nitrogen functional groups attached to an aromatic ring is 1. The van der Waals surface area contributed by atoms with Crippen LogP contribution in [0.4, 0.5) is 5.13 Å². The number of aromatic hydroxyl groups is 1. The molecule has 3 aromatic rings. The Morgan fingerprint density at radius 3 is 2.81 bits per heavy atom. The van der Waals surface area contributed by atoms with Gasteiger partial charge < -0.3 is 20.1 Å². The number of benzene rings is 1. The quantitative estimate of drug-likeness (QED) is 0.765. The molecule has 0 bridgehead atoms. The van der Waals surface area contributed by atoms with E-state index in [0.29, 0.717) is 28.2 Å². The van der Waals surface area contributed by atoms with Gasteiger partial charge in [0, 0.05) is 5.56 Å². The van der Waals surface area contributed by atoms with Gasteiger partial charge in [-0.15, -0.1) is 0 Å². The van der Waals surface area contributed by atoms with Gasteiger partial charge in [-0.3, -0.25) is 0 Å². The zero-order valence-corrected chi connectivity index (χ0v) is 12.1. The number of methoxy groups -OCH3 is 1. The molecule has 0 amide bonds. The summed E-state index contributed by atoms with van der Waals surface area (Å²) in [6.45, 7) is 1.83. The molecule has 0 atom stereocenters. The highest BCUT2D eigenvalue weighted by atomic mass is 32.1. The Balaban J connectivity index is 2.00. The predicted molar refractivity (Wildman–Crippen MR) is 78.2 cm³/mol. The van der Waals surface area contributed by atoms with Crippen LogP contribution < -0.4 is 10.5 Å². The van der Waals surface area contributed by atoms with E-state index in [1.807, 2.05) is 6.92 Å². The predicted octanol–water partition coefficient (Wildman–Crippen LogP) is 2.46. The second kappa shape index (κ2) is 5.06. The molecule has 0 aliphatic heterocycles.